The van der Waals surface area contributed by atoms with Crippen LogP contribution in [0.2, 0.25) is 0 Å². The van der Waals surface area contributed by atoms with E-state index in [0.717, 1.165) is 25.1 Å². The van der Waals surface area contributed by atoms with Crippen molar-refractivity contribution in [1.29, 1.82) is 5.26 Å². The zero-order chi connectivity index (χ0) is 11.5. The third kappa shape index (κ3) is 1.82. The van der Waals surface area contributed by atoms with Gasteiger partial charge in [-0.1, -0.05) is 0 Å². The second kappa shape index (κ2) is 4.19. The van der Waals surface area contributed by atoms with Crippen LogP contribution in [-0.4, -0.2) is 23.5 Å². The van der Waals surface area contributed by atoms with Crippen molar-refractivity contribution in [2.75, 3.05) is 11.4 Å². The molecule has 5 heteroatoms. The van der Waals surface area contributed by atoms with E-state index in [2.05, 4.69) is 4.98 Å². The number of hydrogen-bond acceptors (Lipinski definition) is 4. The number of hydrogen-bond donors (Lipinski definition) is 1. The summed E-state index contributed by atoms with van der Waals surface area (Å²) in [5.41, 5.74) is 6.55. The molecule has 1 atom stereocenters. The molecule has 2 heterocycles. The molecule has 1 fully saturated rings. The first-order chi connectivity index (χ1) is 7.72. The highest BCUT2D eigenvalue weighted by Crippen LogP contribution is 2.24. The van der Waals surface area contributed by atoms with Crippen LogP contribution in [0, 0.1) is 11.3 Å². The topological polar surface area (TPSA) is 83.0 Å². The summed E-state index contributed by atoms with van der Waals surface area (Å²) in [5.74, 6) is -0.304. The Kier molecular flexibility index (Phi) is 2.73. The van der Waals surface area contributed by atoms with Crippen LogP contribution in [0.5, 0.6) is 0 Å². The molecule has 0 aromatic carbocycles. The van der Waals surface area contributed by atoms with Crippen molar-refractivity contribution in [2.45, 2.75) is 18.9 Å². The number of carbonyl (C=O) groups excluding carboxylic acids is 1. The number of aromatic nitrogens is 1. The third-order valence-corrected chi connectivity index (χ3v) is 2.78. The molecule has 2 N–H and O–H groups in total. The van der Waals surface area contributed by atoms with E-state index >= 15 is 0 Å². The lowest BCUT2D eigenvalue weighted by Crippen LogP contribution is -2.40. The van der Waals surface area contributed by atoms with Crippen LogP contribution in [-0.2, 0) is 4.79 Å². The smallest absolute Gasteiger partial charge is 0.240 e. The van der Waals surface area contributed by atoms with Gasteiger partial charge in [0.25, 0.3) is 0 Å². The van der Waals surface area contributed by atoms with Gasteiger partial charge in [-0.15, -0.1) is 0 Å². The molecule has 1 aliphatic heterocycles. The number of primary amides is 1. The van der Waals surface area contributed by atoms with E-state index < -0.39 is 0 Å². The van der Waals surface area contributed by atoms with Gasteiger partial charge in [-0.2, -0.15) is 5.26 Å². The fourth-order valence-electron chi connectivity index (χ4n) is 1.99. The summed E-state index contributed by atoms with van der Waals surface area (Å²) >= 11 is 0. The lowest BCUT2D eigenvalue weighted by Gasteiger charge is -2.23. The van der Waals surface area contributed by atoms with E-state index in [0.29, 0.717) is 5.69 Å². The van der Waals surface area contributed by atoms with Gasteiger partial charge in [0.2, 0.25) is 5.91 Å². The number of rotatable bonds is 2. The molecule has 16 heavy (non-hydrogen) atoms. The maximum atomic E-state index is 11.2. The van der Waals surface area contributed by atoms with Gasteiger partial charge in [0.05, 0.1) is 11.9 Å². The zero-order valence-electron chi connectivity index (χ0n) is 8.76. The Labute approximate surface area is 93.5 Å². The molecule has 1 aliphatic rings. The molecular formula is C11H12N4O. The first kappa shape index (κ1) is 10.4. The molecule has 1 saturated heterocycles. The first-order valence-corrected chi connectivity index (χ1v) is 5.14. The second-order valence-corrected chi connectivity index (χ2v) is 3.77. The predicted molar refractivity (Wildman–Crippen MR) is 58.5 cm³/mol. The van der Waals surface area contributed by atoms with Crippen LogP contribution in [0.3, 0.4) is 0 Å². The van der Waals surface area contributed by atoms with Crippen molar-refractivity contribution in [3.05, 3.63) is 24.0 Å². The molecule has 2 rings (SSSR count). The van der Waals surface area contributed by atoms with Gasteiger partial charge in [0, 0.05) is 6.54 Å². The Balaban J connectivity index is 2.23. The fraction of sp³-hybridized carbons (Fsp3) is 0.364. The van der Waals surface area contributed by atoms with E-state index in [9.17, 15) is 4.79 Å². The molecule has 1 aromatic heterocycles. The van der Waals surface area contributed by atoms with Gasteiger partial charge >= 0.3 is 0 Å². The van der Waals surface area contributed by atoms with Crippen molar-refractivity contribution in [1.82, 2.24) is 4.98 Å². The number of anilines is 1. The quantitative estimate of drug-likeness (QED) is 0.776. The monoisotopic (exact) mass is 216 g/mol. The molecule has 0 aliphatic carbocycles. The summed E-state index contributed by atoms with van der Waals surface area (Å²) in [6.07, 6.45) is 3.35. The summed E-state index contributed by atoms with van der Waals surface area (Å²) in [4.78, 5) is 17.1. The standard InChI is InChI=1S/C11H12N4O/c12-6-8-3-4-9(7-14-8)15-5-1-2-10(15)11(13)16/h3-4,7,10H,1-2,5H2,(H2,13,16). The van der Waals surface area contributed by atoms with Crippen molar-refractivity contribution < 1.29 is 4.79 Å². The summed E-state index contributed by atoms with van der Waals surface area (Å²) in [5, 5.41) is 8.63. The Morgan fingerprint density at radius 1 is 1.62 bits per heavy atom. The Bertz CT molecular complexity index is 434. The summed E-state index contributed by atoms with van der Waals surface area (Å²) in [7, 11) is 0. The molecular weight excluding hydrogens is 204 g/mol. The van der Waals surface area contributed by atoms with Crippen LogP contribution in [0.15, 0.2) is 18.3 Å². The maximum Gasteiger partial charge on any atom is 0.240 e. The largest absolute Gasteiger partial charge is 0.368 e. The lowest BCUT2D eigenvalue weighted by molar-refractivity contribution is -0.119. The van der Waals surface area contributed by atoms with Crippen molar-refractivity contribution >= 4 is 11.6 Å². The zero-order valence-corrected chi connectivity index (χ0v) is 8.76. The van der Waals surface area contributed by atoms with E-state index in [1.54, 1.807) is 18.3 Å². The molecule has 0 spiro atoms. The lowest BCUT2D eigenvalue weighted by atomic mass is 10.2. The molecule has 1 aromatic rings. The number of amides is 1. The van der Waals surface area contributed by atoms with Crippen LogP contribution in [0.25, 0.3) is 0 Å². The molecule has 82 valence electrons. The summed E-state index contributed by atoms with van der Waals surface area (Å²) in [6, 6.07) is 5.16. The van der Waals surface area contributed by atoms with Gasteiger partial charge in [-0.05, 0) is 25.0 Å². The van der Waals surface area contributed by atoms with Crippen LogP contribution in [0.4, 0.5) is 5.69 Å². The minimum absolute atomic E-state index is 0.241. The molecule has 5 nitrogen and oxygen atoms in total. The number of nitrogens with zero attached hydrogens (tertiary/aromatic N) is 3. The highest BCUT2D eigenvalue weighted by atomic mass is 16.1. The van der Waals surface area contributed by atoms with Gasteiger partial charge in [-0.25, -0.2) is 4.98 Å². The average molecular weight is 216 g/mol. The van der Waals surface area contributed by atoms with Gasteiger partial charge < -0.3 is 10.6 Å². The summed E-state index contributed by atoms with van der Waals surface area (Å²) < 4.78 is 0. The van der Waals surface area contributed by atoms with E-state index in [4.69, 9.17) is 11.0 Å². The minimum atomic E-state index is -0.304. The second-order valence-electron chi connectivity index (χ2n) is 3.77. The molecule has 1 unspecified atom stereocenters. The number of pyridine rings is 1. The van der Waals surface area contributed by atoms with Crippen molar-refractivity contribution in [3.63, 3.8) is 0 Å². The SMILES string of the molecule is N#Cc1ccc(N2CCCC2C(N)=O)cn1. The summed E-state index contributed by atoms with van der Waals surface area (Å²) in [6.45, 7) is 0.807. The molecule has 0 bridgehead atoms. The Morgan fingerprint density at radius 2 is 2.44 bits per heavy atom. The maximum absolute atomic E-state index is 11.2. The highest BCUT2D eigenvalue weighted by molar-refractivity contribution is 5.84. The number of nitriles is 1. The van der Waals surface area contributed by atoms with Crippen molar-refractivity contribution in [2.24, 2.45) is 5.73 Å². The minimum Gasteiger partial charge on any atom is -0.368 e. The fourth-order valence-corrected chi connectivity index (χ4v) is 1.99. The molecule has 0 saturated carbocycles. The van der Waals surface area contributed by atoms with E-state index in [1.807, 2.05) is 11.0 Å². The van der Waals surface area contributed by atoms with Crippen LogP contribution < -0.4 is 10.6 Å². The Hall–Kier alpha value is -2.09. The van der Waals surface area contributed by atoms with Gasteiger partial charge in [0.15, 0.2) is 0 Å². The third-order valence-electron chi connectivity index (χ3n) is 2.78. The predicted octanol–water partition coefficient (Wildman–Crippen LogP) is 0.407. The normalized spacial score (nSPS) is 19.4. The van der Waals surface area contributed by atoms with Crippen molar-refractivity contribution in [3.8, 4) is 6.07 Å². The van der Waals surface area contributed by atoms with Crippen LogP contribution >= 0.6 is 0 Å². The average Bonchev–Trinajstić information content (AvgIpc) is 2.78. The number of carbonyl (C=O) groups is 1. The molecule has 0 radical (unpaired) electrons. The van der Waals surface area contributed by atoms with E-state index in [1.165, 1.54) is 0 Å². The highest BCUT2D eigenvalue weighted by Gasteiger charge is 2.29. The van der Waals surface area contributed by atoms with Gasteiger partial charge in [0.1, 0.15) is 17.8 Å². The number of nitrogens with two attached hydrogens (primary N) is 1. The van der Waals surface area contributed by atoms with Gasteiger partial charge in [-0.3, -0.25) is 4.79 Å². The first-order valence-electron chi connectivity index (χ1n) is 5.14. The van der Waals surface area contributed by atoms with E-state index in [-0.39, 0.29) is 11.9 Å². The molecule has 1 amide bonds. The van der Waals surface area contributed by atoms with Crippen LogP contribution in [0.1, 0.15) is 18.5 Å². The Morgan fingerprint density at radius 3 is 3.00 bits per heavy atom.